The Balaban J connectivity index is 2.26. The van der Waals surface area contributed by atoms with Gasteiger partial charge in [-0.05, 0) is 19.3 Å². The van der Waals surface area contributed by atoms with E-state index in [1.54, 1.807) is 7.11 Å². The fourth-order valence-corrected chi connectivity index (χ4v) is 2.12. The number of likely N-dealkylation sites (tertiary alicyclic amines) is 1. The highest BCUT2D eigenvalue weighted by atomic mass is 16.5. The number of aliphatic hydroxyl groups is 1. The average Bonchev–Trinajstić information content (AvgIpc) is 2.76. The van der Waals surface area contributed by atoms with Gasteiger partial charge in [0.05, 0.1) is 6.10 Å². The molecule has 0 radical (unpaired) electrons. The standard InChI is InChI=1S/C12H22N2O5/c1-19-6-4-2-3-5-13-12(18)14-8-9(15)7-10(14)11(16)17/h9-10,15H,2-8H2,1H3,(H,13,18)(H,16,17)/t9-,10-/m1/s1. The number of carboxylic acids is 1. The van der Waals surface area contributed by atoms with Crippen molar-refractivity contribution in [2.75, 3.05) is 26.8 Å². The van der Waals surface area contributed by atoms with Crippen molar-refractivity contribution in [1.29, 1.82) is 0 Å². The Morgan fingerprint density at radius 3 is 2.74 bits per heavy atom. The van der Waals surface area contributed by atoms with Crippen LogP contribution >= 0.6 is 0 Å². The van der Waals surface area contributed by atoms with Crippen LogP contribution in [0.2, 0.25) is 0 Å². The molecular formula is C12H22N2O5. The van der Waals surface area contributed by atoms with E-state index in [0.29, 0.717) is 13.2 Å². The number of amides is 2. The van der Waals surface area contributed by atoms with E-state index in [1.807, 2.05) is 0 Å². The average molecular weight is 274 g/mol. The van der Waals surface area contributed by atoms with E-state index in [2.05, 4.69) is 5.32 Å². The van der Waals surface area contributed by atoms with Crippen LogP contribution in [0.5, 0.6) is 0 Å². The Morgan fingerprint density at radius 2 is 2.11 bits per heavy atom. The normalized spacial score (nSPS) is 22.5. The summed E-state index contributed by atoms with van der Waals surface area (Å²) in [6, 6.07) is -1.35. The molecule has 0 aromatic heterocycles. The van der Waals surface area contributed by atoms with Gasteiger partial charge in [-0.15, -0.1) is 0 Å². The van der Waals surface area contributed by atoms with Gasteiger partial charge < -0.3 is 25.2 Å². The fourth-order valence-electron chi connectivity index (χ4n) is 2.12. The molecule has 7 heteroatoms. The first-order valence-electron chi connectivity index (χ1n) is 6.50. The number of nitrogens with zero attached hydrogens (tertiary/aromatic N) is 1. The molecule has 1 rings (SSSR count). The molecule has 2 atom stereocenters. The van der Waals surface area contributed by atoms with Gasteiger partial charge in [-0.1, -0.05) is 0 Å². The maximum atomic E-state index is 11.8. The molecule has 0 spiro atoms. The minimum absolute atomic E-state index is 0.0759. The minimum Gasteiger partial charge on any atom is -0.480 e. The zero-order valence-corrected chi connectivity index (χ0v) is 11.2. The number of carboxylic acid groups (broad SMARTS) is 1. The van der Waals surface area contributed by atoms with Crippen molar-refractivity contribution in [2.24, 2.45) is 0 Å². The second kappa shape index (κ2) is 7.96. The van der Waals surface area contributed by atoms with Gasteiger partial charge in [-0.3, -0.25) is 0 Å². The predicted octanol–water partition coefficient (Wildman–Crippen LogP) is 0.0325. The van der Waals surface area contributed by atoms with Gasteiger partial charge in [-0.2, -0.15) is 0 Å². The second-order valence-electron chi connectivity index (χ2n) is 4.68. The number of hydrogen-bond acceptors (Lipinski definition) is 4. The summed E-state index contributed by atoms with van der Waals surface area (Å²) in [5.74, 6) is -1.08. The van der Waals surface area contributed by atoms with E-state index in [9.17, 15) is 14.7 Å². The third-order valence-electron chi connectivity index (χ3n) is 3.13. The van der Waals surface area contributed by atoms with Crippen LogP contribution < -0.4 is 5.32 Å². The lowest BCUT2D eigenvalue weighted by atomic mass is 10.2. The lowest BCUT2D eigenvalue weighted by Crippen LogP contribution is -2.46. The number of urea groups is 1. The van der Waals surface area contributed by atoms with Crippen molar-refractivity contribution in [3.05, 3.63) is 0 Å². The number of rotatable bonds is 7. The van der Waals surface area contributed by atoms with Crippen molar-refractivity contribution in [1.82, 2.24) is 10.2 Å². The summed E-state index contributed by atoms with van der Waals surface area (Å²) in [7, 11) is 1.65. The highest BCUT2D eigenvalue weighted by Crippen LogP contribution is 2.18. The van der Waals surface area contributed by atoms with Crippen molar-refractivity contribution >= 4 is 12.0 Å². The smallest absolute Gasteiger partial charge is 0.326 e. The second-order valence-corrected chi connectivity index (χ2v) is 4.68. The molecule has 19 heavy (non-hydrogen) atoms. The Kier molecular flexibility index (Phi) is 6.58. The topological polar surface area (TPSA) is 99.1 Å². The summed E-state index contributed by atoms with van der Waals surface area (Å²) < 4.78 is 4.91. The molecule has 1 heterocycles. The Morgan fingerprint density at radius 1 is 1.37 bits per heavy atom. The van der Waals surface area contributed by atoms with Crippen LogP contribution in [0.1, 0.15) is 25.7 Å². The summed E-state index contributed by atoms with van der Waals surface area (Å²) in [4.78, 5) is 24.0. The Labute approximate surface area is 112 Å². The van der Waals surface area contributed by atoms with E-state index in [-0.39, 0.29) is 13.0 Å². The van der Waals surface area contributed by atoms with E-state index in [0.717, 1.165) is 19.3 Å². The van der Waals surface area contributed by atoms with Crippen LogP contribution in [0.25, 0.3) is 0 Å². The van der Waals surface area contributed by atoms with Gasteiger partial charge in [0.2, 0.25) is 0 Å². The van der Waals surface area contributed by atoms with Crippen molar-refractivity contribution in [2.45, 2.75) is 37.8 Å². The first-order valence-corrected chi connectivity index (χ1v) is 6.50. The maximum absolute atomic E-state index is 11.8. The zero-order valence-electron chi connectivity index (χ0n) is 11.2. The van der Waals surface area contributed by atoms with E-state index < -0.39 is 24.1 Å². The van der Waals surface area contributed by atoms with Gasteiger partial charge >= 0.3 is 12.0 Å². The number of β-amino-alcohol motifs (C(OH)–C–C–N with tert-alkyl or cyclic N) is 1. The summed E-state index contributed by atoms with van der Waals surface area (Å²) >= 11 is 0. The summed E-state index contributed by atoms with van der Waals surface area (Å²) in [5.41, 5.74) is 0. The zero-order chi connectivity index (χ0) is 14.3. The largest absolute Gasteiger partial charge is 0.480 e. The number of hydrogen-bond donors (Lipinski definition) is 3. The molecule has 0 unspecified atom stereocenters. The molecule has 7 nitrogen and oxygen atoms in total. The number of aliphatic carboxylic acids is 1. The molecule has 0 aliphatic carbocycles. The monoisotopic (exact) mass is 274 g/mol. The first kappa shape index (κ1) is 15.7. The number of ether oxygens (including phenoxy) is 1. The molecule has 110 valence electrons. The molecule has 1 fully saturated rings. The molecule has 1 aliphatic heterocycles. The Hall–Kier alpha value is -1.34. The molecule has 1 aliphatic rings. The van der Waals surface area contributed by atoms with Crippen molar-refractivity contribution < 1.29 is 24.5 Å². The van der Waals surface area contributed by atoms with E-state index >= 15 is 0 Å². The van der Waals surface area contributed by atoms with E-state index in [1.165, 1.54) is 4.90 Å². The van der Waals surface area contributed by atoms with Gasteiger partial charge in [0.25, 0.3) is 0 Å². The maximum Gasteiger partial charge on any atom is 0.326 e. The van der Waals surface area contributed by atoms with Crippen LogP contribution in [0.3, 0.4) is 0 Å². The first-order chi connectivity index (χ1) is 9.06. The van der Waals surface area contributed by atoms with E-state index in [4.69, 9.17) is 9.84 Å². The molecule has 3 N–H and O–H groups in total. The van der Waals surface area contributed by atoms with Crippen molar-refractivity contribution in [3.63, 3.8) is 0 Å². The number of aliphatic hydroxyl groups excluding tert-OH is 1. The molecule has 0 bridgehead atoms. The fraction of sp³-hybridized carbons (Fsp3) is 0.833. The number of nitrogens with one attached hydrogen (secondary N) is 1. The minimum atomic E-state index is -1.08. The highest BCUT2D eigenvalue weighted by molar-refractivity contribution is 5.83. The number of carbonyl (C=O) groups is 2. The third-order valence-corrected chi connectivity index (χ3v) is 3.13. The highest BCUT2D eigenvalue weighted by Gasteiger charge is 2.38. The number of methoxy groups -OCH3 is 1. The van der Waals surface area contributed by atoms with Gasteiger partial charge in [0.1, 0.15) is 6.04 Å². The third kappa shape index (κ3) is 5.04. The van der Waals surface area contributed by atoms with Crippen LogP contribution in [0.4, 0.5) is 4.79 Å². The van der Waals surface area contributed by atoms with Crippen LogP contribution in [0, 0.1) is 0 Å². The quantitative estimate of drug-likeness (QED) is 0.569. The summed E-state index contributed by atoms with van der Waals surface area (Å²) in [6.07, 6.45) is 2.04. The summed E-state index contributed by atoms with van der Waals surface area (Å²) in [5, 5.41) is 21.1. The lowest BCUT2D eigenvalue weighted by molar-refractivity contribution is -0.141. The molecule has 0 saturated carbocycles. The number of carbonyl (C=O) groups excluding carboxylic acids is 1. The molecule has 0 aromatic rings. The molecule has 2 amide bonds. The van der Waals surface area contributed by atoms with Crippen molar-refractivity contribution in [3.8, 4) is 0 Å². The SMILES string of the molecule is COCCCCCNC(=O)N1C[C@H](O)C[C@@H]1C(=O)O. The summed E-state index contributed by atoms with van der Waals surface area (Å²) in [6.45, 7) is 1.28. The van der Waals surface area contributed by atoms with Gasteiger partial charge in [0, 0.05) is 33.2 Å². The molecular weight excluding hydrogens is 252 g/mol. The molecule has 0 aromatic carbocycles. The lowest BCUT2D eigenvalue weighted by Gasteiger charge is -2.21. The molecule has 1 saturated heterocycles. The predicted molar refractivity (Wildman–Crippen MR) is 67.9 cm³/mol. The van der Waals surface area contributed by atoms with Crippen LogP contribution in [-0.2, 0) is 9.53 Å². The number of unbranched alkanes of at least 4 members (excludes halogenated alkanes) is 2. The van der Waals surface area contributed by atoms with Crippen LogP contribution in [-0.4, -0.2) is 66.1 Å². The van der Waals surface area contributed by atoms with Gasteiger partial charge in [0.15, 0.2) is 0 Å². The van der Waals surface area contributed by atoms with Gasteiger partial charge in [-0.25, -0.2) is 9.59 Å². The van der Waals surface area contributed by atoms with Crippen LogP contribution in [0.15, 0.2) is 0 Å². The Bertz CT molecular complexity index is 310.